The third-order valence-electron chi connectivity index (χ3n) is 3.81. The van der Waals surface area contributed by atoms with E-state index >= 15 is 0 Å². The van der Waals surface area contributed by atoms with Gasteiger partial charge in [0.2, 0.25) is 0 Å². The van der Waals surface area contributed by atoms with Crippen molar-refractivity contribution in [1.82, 2.24) is 4.90 Å². The second-order valence-corrected chi connectivity index (χ2v) is 5.96. The van der Waals surface area contributed by atoms with Crippen LogP contribution >= 0.6 is 15.9 Å². The quantitative estimate of drug-likeness (QED) is 0.914. The maximum atomic E-state index is 12.6. The molecule has 0 saturated heterocycles. The lowest BCUT2D eigenvalue weighted by atomic mass is 9.93. The topological polar surface area (TPSA) is 40.5 Å². The molecule has 1 amide bonds. The highest BCUT2D eigenvalue weighted by Crippen LogP contribution is 2.27. The normalized spacial score (nSPS) is 16.3. The Bertz CT molecular complexity index is 455. The standard InChI is InChI=1S/C15H20BrNO2/c1-2-17(12-6-4-3-5-7-12)15(19)13-9-8-11(16)10-14(13)18/h8-10,12,18H,2-7H2,1H3. The molecular weight excluding hydrogens is 306 g/mol. The molecule has 0 aliphatic heterocycles. The van der Waals surface area contributed by atoms with Crippen LogP contribution in [0.15, 0.2) is 22.7 Å². The first-order chi connectivity index (χ1) is 9.13. The summed E-state index contributed by atoms with van der Waals surface area (Å²) in [5, 5.41) is 9.93. The van der Waals surface area contributed by atoms with Gasteiger partial charge in [0, 0.05) is 17.1 Å². The minimum absolute atomic E-state index is 0.0497. The van der Waals surface area contributed by atoms with Gasteiger partial charge >= 0.3 is 0 Å². The van der Waals surface area contributed by atoms with E-state index in [1.54, 1.807) is 18.2 Å². The fourth-order valence-electron chi connectivity index (χ4n) is 2.80. The molecule has 1 aliphatic carbocycles. The highest BCUT2D eigenvalue weighted by atomic mass is 79.9. The van der Waals surface area contributed by atoms with Crippen LogP contribution in [0.5, 0.6) is 5.75 Å². The molecule has 0 heterocycles. The van der Waals surface area contributed by atoms with Gasteiger partial charge in [0.25, 0.3) is 5.91 Å². The number of hydrogen-bond donors (Lipinski definition) is 1. The number of phenolic OH excluding ortho intramolecular Hbond substituents is 1. The van der Waals surface area contributed by atoms with Crippen LogP contribution in [-0.4, -0.2) is 28.5 Å². The van der Waals surface area contributed by atoms with Crippen molar-refractivity contribution in [2.45, 2.75) is 45.1 Å². The lowest BCUT2D eigenvalue weighted by Crippen LogP contribution is -2.41. The first kappa shape index (κ1) is 14.4. The Kier molecular flexibility index (Phi) is 4.86. The van der Waals surface area contributed by atoms with E-state index in [0.29, 0.717) is 18.2 Å². The van der Waals surface area contributed by atoms with Crippen LogP contribution in [0.1, 0.15) is 49.4 Å². The summed E-state index contributed by atoms with van der Waals surface area (Å²) >= 11 is 3.29. The van der Waals surface area contributed by atoms with Crippen molar-refractivity contribution < 1.29 is 9.90 Å². The molecule has 104 valence electrons. The van der Waals surface area contributed by atoms with E-state index in [4.69, 9.17) is 0 Å². The van der Waals surface area contributed by atoms with Gasteiger partial charge in [-0.1, -0.05) is 35.2 Å². The Hall–Kier alpha value is -1.03. The molecule has 0 bridgehead atoms. The Morgan fingerprint density at radius 2 is 2.05 bits per heavy atom. The summed E-state index contributed by atoms with van der Waals surface area (Å²) in [5.41, 5.74) is 0.399. The number of amides is 1. The highest BCUT2D eigenvalue weighted by molar-refractivity contribution is 9.10. The Labute approximate surface area is 122 Å². The molecule has 2 rings (SSSR count). The first-order valence-corrected chi connectivity index (χ1v) is 7.72. The minimum atomic E-state index is -0.0561. The third-order valence-corrected chi connectivity index (χ3v) is 4.30. The van der Waals surface area contributed by atoms with Gasteiger partial charge in [-0.2, -0.15) is 0 Å². The number of hydrogen-bond acceptors (Lipinski definition) is 2. The van der Waals surface area contributed by atoms with E-state index in [2.05, 4.69) is 15.9 Å². The average Bonchev–Trinajstić information content (AvgIpc) is 2.40. The number of rotatable bonds is 3. The van der Waals surface area contributed by atoms with Crippen molar-refractivity contribution in [3.63, 3.8) is 0 Å². The van der Waals surface area contributed by atoms with E-state index in [9.17, 15) is 9.90 Å². The zero-order chi connectivity index (χ0) is 13.8. The fourth-order valence-corrected chi connectivity index (χ4v) is 3.15. The molecule has 0 aromatic heterocycles. The van der Waals surface area contributed by atoms with Crippen molar-refractivity contribution >= 4 is 21.8 Å². The average molecular weight is 326 g/mol. The summed E-state index contributed by atoms with van der Waals surface area (Å²) in [7, 11) is 0. The van der Waals surface area contributed by atoms with E-state index < -0.39 is 0 Å². The lowest BCUT2D eigenvalue weighted by Gasteiger charge is -2.33. The number of carbonyl (C=O) groups excluding carboxylic acids is 1. The summed E-state index contributed by atoms with van der Waals surface area (Å²) in [6, 6.07) is 5.38. The molecule has 1 fully saturated rings. The molecule has 0 spiro atoms. The predicted molar refractivity (Wildman–Crippen MR) is 79.4 cm³/mol. The zero-order valence-corrected chi connectivity index (χ0v) is 12.8. The van der Waals surface area contributed by atoms with Crippen LogP contribution in [-0.2, 0) is 0 Å². The van der Waals surface area contributed by atoms with Crippen molar-refractivity contribution in [2.75, 3.05) is 6.54 Å². The van der Waals surface area contributed by atoms with Gasteiger partial charge in [-0.3, -0.25) is 4.79 Å². The molecule has 0 atom stereocenters. The molecule has 1 aliphatic rings. The second-order valence-electron chi connectivity index (χ2n) is 5.04. The minimum Gasteiger partial charge on any atom is -0.507 e. The van der Waals surface area contributed by atoms with Crippen LogP contribution in [0, 0.1) is 0 Å². The number of phenols is 1. The maximum Gasteiger partial charge on any atom is 0.257 e. The van der Waals surface area contributed by atoms with Crippen molar-refractivity contribution in [3.8, 4) is 5.75 Å². The van der Waals surface area contributed by atoms with Crippen LogP contribution in [0.3, 0.4) is 0 Å². The number of nitrogens with zero attached hydrogens (tertiary/aromatic N) is 1. The van der Waals surface area contributed by atoms with E-state index in [-0.39, 0.29) is 11.7 Å². The van der Waals surface area contributed by atoms with Gasteiger partial charge in [0.15, 0.2) is 0 Å². The summed E-state index contributed by atoms with van der Waals surface area (Å²) in [6.07, 6.45) is 5.82. The molecule has 1 saturated carbocycles. The number of carbonyl (C=O) groups is 1. The van der Waals surface area contributed by atoms with Crippen LogP contribution in [0.4, 0.5) is 0 Å². The Morgan fingerprint density at radius 3 is 2.63 bits per heavy atom. The molecule has 4 heteroatoms. The Balaban J connectivity index is 2.19. The van der Waals surface area contributed by atoms with Gasteiger partial charge in [-0.15, -0.1) is 0 Å². The lowest BCUT2D eigenvalue weighted by molar-refractivity contribution is 0.0645. The second kappa shape index (κ2) is 6.42. The summed E-state index contributed by atoms with van der Waals surface area (Å²) < 4.78 is 0.780. The SMILES string of the molecule is CCN(C(=O)c1ccc(Br)cc1O)C1CCCCC1. The monoisotopic (exact) mass is 325 g/mol. The van der Waals surface area contributed by atoms with Crippen molar-refractivity contribution in [3.05, 3.63) is 28.2 Å². The molecule has 1 N–H and O–H groups in total. The molecule has 1 aromatic carbocycles. The van der Waals surface area contributed by atoms with Crippen LogP contribution in [0.2, 0.25) is 0 Å². The maximum absolute atomic E-state index is 12.6. The largest absolute Gasteiger partial charge is 0.507 e. The van der Waals surface area contributed by atoms with E-state index in [0.717, 1.165) is 17.3 Å². The first-order valence-electron chi connectivity index (χ1n) is 6.93. The fraction of sp³-hybridized carbons (Fsp3) is 0.533. The molecule has 0 radical (unpaired) electrons. The third kappa shape index (κ3) is 3.30. The number of halogens is 1. The number of benzene rings is 1. The molecule has 19 heavy (non-hydrogen) atoms. The van der Waals surface area contributed by atoms with Crippen molar-refractivity contribution in [2.24, 2.45) is 0 Å². The van der Waals surface area contributed by atoms with Crippen molar-refractivity contribution in [1.29, 1.82) is 0 Å². The van der Waals surface area contributed by atoms with E-state index in [1.807, 2.05) is 11.8 Å². The van der Waals surface area contributed by atoms with Gasteiger partial charge < -0.3 is 10.0 Å². The summed E-state index contributed by atoms with van der Waals surface area (Å²) in [4.78, 5) is 14.5. The molecule has 3 nitrogen and oxygen atoms in total. The summed E-state index contributed by atoms with van der Waals surface area (Å²) in [5.74, 6) is -0.00645. The van der Waals surface area contributed by atoms with Crippen LogP contribution < -0.4 is 0 Å². The zero-order valence-electron chi connectivity index (χ0n) is 11.2. The van der Waals surface area contributed by atoms with Crippen LogP contribution in [0.25, 0.3) is 0 Å². The van der Waals surface area contributed by atoms with E-state index in [1.165, 1.54) is 19.3 Å². The van der Waals surface area contributed by atoms with Gasteiger partial charge in [-0.25, -0.2) is 0 Å². The summed E-state index contributed by atoms with van der Waals surface area (Å²) in [6.45, 7) is 2.70. The van der Waals surface area contributed by atoms with Gasteiger partial charge in [0.05, 0.1) is 5.56 Å². The van der Waals surface area contributed by atoms with Gasteiger partial charge in [0.1, 0.15) is 5.75 Å². The molecule has 1 aromatic rings. The Morgan fingerprint density at radius 1 is 1.37 bits per heavy atom. The molecule has 0 unspecified atom stereocenters. The number of aromatic hydroxyl groups is 1. The highest BCUT2D eigenvalue weighted by Gasteiger charge is 2.26. The smallest absolute Gasteiger partial charge is 0.257 e. The predicted octanol–water partition coefficient (Wildman–Crippen LogP) is 3.95. The van der Waals surface area contributed by atoms with Gasteiger partial charge in [-0.05, 0) is 38.0 Å². The molecular formula is C15H20BrNO2.